The van der Waals surface area contributed by atoms with Crippen molar-refractivity contribution < 1.29 is 13.2 Å². The fourth-order valence-corrected chi connectivity index (χ4v) is 1.58. The molecule has 0 aliphatic carbocycles. The highest BCUT2D eigenvalue weighted by Gasteiger charge is 2.33. The normalized spacial score (nSPS) is 12.2. The Kier molecular flexibility index (Phi) is 3.31. The monoisotopic (exact) mass is 282 g/mol. The summed E-state index contributed by atoms with van der Waals surface area (Å²) in [6.07, 6.45) is -0.657. The second kappa shape index (κ2) is 4.80. The summed E-state index contributed by atoms with van der Waals surface area (Å²) in [7, 11) is 0. The smallest absolute Gasteiger partial charge is 0.383 e. The van der Waals surface area contributed by atoms with Crippen molar-refractivity contribution in [1.82, 2.24) is 14.5 Å². The number of allylic oxidation sites excluding steroid dienone is 2. The zero-order valence-electron chi connectivity index (χ0n) is 10.1. The average Bonchev–Trinajstić information content (AvgIpc) is 2.37. The molecule has 0 fully saturated rings. The van der Waals surface area contributed by atoms with E-state index in [9.17, 15) is 18.0 Å². The Bertz CT molecular complexity index is 762. The first kappa shape index (κ1) is 13.8. The lowest BCUT2D eigenvalue weighted by Crippen LogP contribution is -2.22. The summed E-state index contributed by atoms with van der Waals surface area (Å²) in [5, 5.41) is 0.159. The van der Waals surface area contributed by atoms with Crippen molar-refractivity contribution in [1.29, 1.82) is 0 Å². The first-order valence-corrected chi connectivity index (χ1v) is 5.40. The Morgan fingerprint density at radius 1 is 1.30 bits per heavy atom. The molecule has 2 N–H and O–H groups in total. The maximum atomic E-state index is 12.7. The molecule has 0 saturated carbocycles. The van der Waals surface area contributed by atoms with Gasteiger partial charge in [-0.25, -0.2) is 9.78 Å². The largest absolute Gasteiger partial charge is 0.433 e. The Morgan fingerprint density at radius 2 is 2.00 bits per heavy atom. The molecule has 0 bridgehead atoms. The van der Waals surface area contributed by atoms with Crippen LogP contribution in [-0.4, -0.2) is 14.5 Å². The summed E-state index contributed by atoms with van der Waals surface area (Å²) >= 11 is 0. The Balaban J connectivity index is 2.86. The average molecular weight is 282 g/mol. The van der Waals surface area contributed by atoms with Gasteiger partial charge in [-0.15, -0.1) is 0 Å². The number of nitrogens with zero attached hydrogens (tertiary/aromatic N) is 3. The number of hydrogen-bond donors (Lipinski definition) is 1. The van der Waals surface area contributed by atoms with Crippen molar-refractivity contribution in [3.8, 4) is 0 Å². The van der Waals surface area contributed by atoms with E-state index in [0.717, 1.165) is 16.7 Å². The van der Waals surface area contributed by atoms with Crippen LogP contribution in [0.4, 0.5) is 19.0 Å². The highest BCUT2D eigenvalue weighted by Crippen LogP contribution is 2.29. The number of fused-ring (bicyclic) bond motifs is 1. The summed E-state index contributed by atoms with van der Waals surface area (Å²) in [6, 6.07) is 1.91. The second-order valence-electron chi connectivity index (χ2n) is 3.79. The molecule has 0 spiro atoms. The molecule has 0 saturated heterocycles. The van der Waals surface area contributed by atoms with E-state index in [1.165, 1.54) is 18.4 Å². The van der Waals surface area contributed by atoms with Crippen LogP contribution in [0, 0.1) is 0 Å². The summed E-state index contributed by atoms with van der Waals surface area (Å²) in [6.45, 7) is 3.41. The molecule has 2 rings (SSSR count). The van der Waals surface area contributed by atoms with Crippen molar-refractivity contribution in [2.24, 2.45) is 0 Å². The summed E-state index contributed by atoms with van der Waals surface area (Å²) in [4.78, 5) is 18.7. The van der Waals surface area contributed by atoms with E-state index >= 15 is 0 Å². The second-order valence-corrected chi connectivity index (χ2v) is 3.79. The minimum absolute atomic E-state index is 0.159. The molecule has 0 aromatic carbocycles. The maximum absolute atomic E-state index is 12.7. The minimum atomic E-state index is -4.62. The number of anilines is 1. The van der Waals surface area contributed by atoms with E-state index in [1.54, 1.807) is 0 Å². The van der Waals surface area contributed by atoms with E-state index in [2.05, 4.69) is 16.5 Å². The van der Waals surface area contributed by atoms with Crippen molar-refractivity contribution in [2.75, 3.05) is 5.73 Å². The van der Waals surface area contributed by atoms with Crippen LogP contribution >= 0.6 is 0 Å². The Labute approximate surface area is 110 Å². The number of rotatable bonds is 2. The van der Waals surface area contributed by atoms with Gasteiger partial charge >= 0.3 is 11.9 Å². The molecule has 0 aliphatic rings. The first-order chi connectivity index (χ1) is 9.34. The van der Waals surface area contributed by atoms with Crippen LogP contribution in [0.2, 0.25) is 0 Å². The molecule has 2 heterocycles. The van der Waals surface area contributed by atoms with Crippen LogP contribution in [0.5, 0.6) is 0 Å². The van der Waals surface area contributed by atoms with Crippen LogP contribution in [-0.2, 0) is 6.18 Å². The number of pyridine rings is 1. The van der Waals surface area contributed by atoms with Gasteiger partial charge in [-0.2, -0.15) is 18.2 Å². The zero-order chi connectivity index (χ0) is 14.9. The Hall–Kier alpha value is -2.64. The molecule has 0 radical (unpaired) electrons. The van der Waals surface area contributed by atoms with Gasteiger partial charge in [-0.3, -0.25) is 4.57 Å². The molecule has 8 heteroatoms. The molecule has 0 aliphatic heterocycles. The maximum Gasteiger partial charge on any atom is 0.433 e. The quantitative estimate of drug-likeness (QED) is 0.855. The van der Waals surface area contributed by atoms with Crippen molar-refractivity contribution in [3.63, 3.8) is 0 Å². The van der Waals surface area contributed by atoms with Gasteiger partial charge in [0.1, 0.15) is 11.5 Å². The lowest BCUT2D eigenvalue weighted by molar-refractivity contribution is -0.141. The molecule has 0 atom stereocenters. The van der Waals surface area contributed by atoms with Crippen molar-refractivity contribution in [3.05, 3.63) is 47.0 Å². The predicted molar refractivity (Wildman–Crippen MR) is 68.7 cm³/mol. The van der Waals surface area contributed by atoms with Gasteiger partial charge in [-0.1, -0.05) is 12.7 Å². The summed E-state index contributed by atoms with van der Waals surface area (Å²) in [5.74, 6) is -0.172. The third-order valence-corrected chi connectivity index (χ3v) is 2.46. The van der Waals surface area contributed by atoms with Crippen LogP contribution in [0.1, 0.15) is 5.69 Å². The molecule has 20 heavy (non-hydrogen) atoms. The third-order valence-electron chi connectivity index (χ3n) is 2.46. The predicted octanol–water partition coefficient (Wildman–Crippen LogP) is 2.05. The molecular formula is C12H9F3N4O. The van der Waals surface area contributed by atoms with Crippen molar-refractivity contribution in [2.45, 2.75) is 6.18 Å². The molecular weight excluding hydrogens is 273 g/mol. The summed E-state index contributed by atoms with van der Waals surface area (Å²) < 4.78 is 38.9. The van der Waals surface area contributed by atoms with Crippen LogP contribution in [0.15, 0.2) is 35.7 Å². The topological polar surface area (TPSA) is 73.8 Å². The SMILES string of the molecule is C=C/C=C/n1c(=O)nc(N)c2ccc(C(F)(F)F)nc21. The van der Waals surface area contributed by atoms with Gasteiger partial charge < -0.3 is 5.73 Å². The van der Waals surface area contributed by atoms with E-state index in [1.807, 2.05) is 0 Å². The third kappa shape index (κ3) is 2.40. The van der Waals surface area contributed by atoms with E-state index in [0.29, 0.717) is 0 Å². The zero-order valence-corrected chi connectivity index (χ0v) is 10.1. The van der Waals surface area contributed by atoms with Crippen LogP contribution in [0.25, 0.3) is 17.2 Å². The van der Waals surface area contributed by atoms with E-state index < -0.39 is 17.6 Å². The van der Waals surface area contributed by atoms with Gasteiger partial charge in [0.2, 0.25) is 0 Å². The lowest BCUT2D eigenvalue weighted by atomic mass is 10.2. The molecule has 0 amide bonds. The molecule has 2 aromatic heterocycles. The standard InChI is InChI=1S/C12H9F3N4O/c1-2-3-6-19-10-7(9(16)18-11(19)20)4-5-8(17-10)12(13,14)15/h2-6H,1H2,(H2,16,18,20)/b6-3+. The number of nitrogens with two attached hydrogens (primary N) is 1. The van der Waals surface area contributed by atoms with E-state index in [4.69, 9.17) is 5.73 Å². The van der Waals surface area contributed by atoms with Crippen molar-refractivity contribution >= 4 is 23.1 Å². The molecule has 2 aromatic rings. The number of halogens is 3. The molecule has 0 unspecified atom stereocenters. The number of hydrogen-bond acceptors (Lipinski definition) is 4. The van der Waals surface area contributed by atoms with Gasteiger partial charge in [0, 0.05) is 6.20 Å². The molecule has 104 valence electrons. The lowest BCUT2D eigenvalue weighted by Gasteiger charge is -2.10. The highest BCUT2D eigenvalue weighted by atomic mass is 19.4. The van der Waals surface area contributed by atoms with Gasteiger partial charge in [0.25, 0.3) is 0 Å². The Morgan fingerprint density at radius 3 is 2.60 bits per heavy atom. The highest BCUT2D eigenvalue weighted by molar-refractivity contribution is 5.86. The van der Waals surface area contributed by atoms with Crippen LogP contribution < -0.4 is 11.4 Å². The van der Waals surface area contributed by atoms with Crippen LogP contribution in [0.3, 0.4) is 0 Å². The minimum Gasteiger partial charge on any atom is -0.383 e. The fraction of sp³-hybridized carbons (Fsp3) is 0.0833. The molecule has 5 nitrogen and oxygen atoms in total. The van der Waals surface area contributed by atoms with E-state index in [-0.39, 0.29) is 16.9 Å². The summed E-state index contributed by atoms with van der Waals surface area (Å²) in [5.41, 5.74) is 3.38. The number of nitrogen functional groups attached to an aromatic ring is 1. The fourth-order valence-electron chi connectivity index (χ4n) is 1.58. The first-order valence-electron chi connectivity index (χ1n) is 5.40. The number of alkyl halides is 3. The van der Waals surface area contributed by atoms with Gasteiger partial charge in [0.05, 0.1) is 5.39 Å². The number of aromatic nitrogens is 3. The van der Waals surface area contributed by atoms with Gasteiger partial charge in [0.15, 0.2) is 5.65 Å². The van der Waals surface area contributed by atoms with Gasteiger partial charge in [-0.05, 0) is 18.2 Å².